The van der Waals surface area contributed by atoms with Crippen molar-refractivity contribution in [2.24, 2.45) is 5.92 Å². The molecule has 3 heteroatoms. The second-order valence-corrected chi connectivity index (χ2v) is 5.23. The SMILES string of the molecule is CC(C)C(=O)N(C)C1[N]CC[C@@H]1c1ccccc1. The van der Waals surface area contributed by atoms with Crippen LogP contribution in [0.3, 0.4) is 0 Å². The van der Waals surface area contributed by atoms with E-state index < -0.39 is 0 Å². The molecule has 1 aliphatic heterocycles. The largest absolute Gasteiger partial charge is 0.328 e. The van der Waals surface area contributed by atoms with Gasteiger partial charge in [-0.15, -0.1) is 0 Å². The molecule has 1 amide bonds. The average Bonchev–Trinajstić information content (AvgIpc) is 2.87. The Morgan fingerprint density at radius 3 is 2.61 bits per heavy atom. The molecule has 2 rings (SSSR count). The molecule has 3 nitrogen and oxygen atoms in total. The summed E-state index contributed by atoms with van der Waals surface area (Å²) in [4.78, 5) is 13.9. The molecule has 1 saturated heterocycles. The first kappa shape index (κ1) is 13.1. The third-order valence-corrected chi connectivity index (χ3v) is 3.58. The van der Waals surface area contributed by atoms with E-state index in [2.05, 4.69) is 29.6 Å². The molecular formula is C15H21N2O. The normalized spacial score (nSPS) is 23.3. The van der Waals surface area contributed by atoms with Gasteiger partial charge in [0.25, 0.3) is 0 Å². The van der Waals surface area contributed by atoms with E-state index in [1.807, 2.05) is 31.9 Å². The molecule has 1 unspecified atom stereocenters. The van der Waals surface area contributed by atoms with Crippen molar-refractivity contribution in [3.63, 3.8) is 0 Å². The van der Waals surface area contributed by atoms with Crippen LogP contribution in [0, 0.1) is 5.92 Å². The zero-order valence-corrected chi connectivity index (χ0v) is 11.3. The van der Waals surface area contributed by atoms with Crippen molar-refractivity contribution < 1.29 is 4.79 Å². The second kappa shape index (κ2) is 5.53. The summed E-state index contributed by atoms with van der Waals surface area (Å²) < 4.78 is 0. The van der Waals surface area contributed by atoms with Crippen LogP contribution in [0.25, 0.3) is 0 Å². The van der Waals surface area contributed by atoms with Crippen molar-refractivity contribution in [1.82, 2.24) is 10.2 Å². The molecule has 18 heavy (non-hydrogen) atoms. The smallest absolute Gasteiger partial charge is 0.226 e. The number of benzene rings is 1. The maximum Gasteiger partial charge on any atom is 0.226 e. The van der Waals surface area contributed by atoms with Crippen molar-refractivity contribution in [3.8, 4) is 0 Å². The lowest BCUT2D eigenvalue weighted by Gasteiger charge is -2.30. The van der Waals surface area contributed by atoms with Crippen molar-refractivity contribution in [2.45, 2.75) is 32.4 Å². The maximum atomic E-state index is 12.1. The number of amides is 1. The molecule has 1 radical (unpaired) electrons. The zero-order chi connectivity index (χ0) is 13.1. The summed E-state index contributed by atoms with van der Waals surface area (Å²) in [6.45, 7) is 4.72. The Balaban J connectivity index is 2.15. The summed E-state index contributed by atoms with van der Waals surface area (Å²) in [5.41, 5.74) is 1.28. The van der Waals surface area contributed by atoms with Gasteiger partial charge in [-0.3, -0.25) is 4.79 Å². The fraction of sp³-hybridized carbons (Fsp3) is 0.533. The summed E-state index contributed by atoms with van der Waals surface area (Å²) in [5.74, 6) is 0.549. The summed E-state index contributed by atoms with van der Waals surface area (Å²) >= 11 is 0. The van der Waals surface area contributed by atoms with E-state index >= 15 is 0 Å². The minimum atomic E-state index is 0.00213. The Bertz CT molecular complexity index is 402. The van der Waals surface area contributed by atoms with Gasteiger partial charge in [-0.2, -0.15) is 0 Å². The molecule has 1 aromatic carbocycles. The number of nitrogens with zero attached hydrogens (tertiary/aromatic N) is 2. The quantitative estimate of drug-likeness (QED) is 0.804. The molecule has 0 bridgehead atoms. The first-order chi connectivity index (χ1) is 8.61. The Labute approximate surface area is 109 Å². The predicted molar refractivity (Wildman–Crippen MR) is 72.2 cm³/mol. The second-order valence-electron chi connectivity index (χ2n) is 5.23. The first-order valence-corrected chi connectivity index (χ1v) is 6.59. The molecule has 0 aromatic heterocycles. The highest BCUT2D eigenvalue weighted by Crippen LogP contribution is 2.30. The third-order valence-electron chi connectivity index (χ3n) is 3.58. The highest BCUT2D eigenvalue weighted by Gasteiger charge is 2.34. The van der Waals surface area contributed by atoms with Gasteiger partial charge in [0.2, 0.25) is 5.91 Å². The van der Waals surface area contributed by atoms with Crippen LogP contribution in [0.4, 0.5) is 0 Å². The van der Waals surface area contributed by atoms with Gasteiger partial charge < -0.3 is 4.90 Å². The van der Waals surface area contributed by atoms with Gasteiger partial charge in [-0.05, 0) is 12.0 Å². The van der Waals surface area contributed by atoms with Gasteiger partial charge in [0, 0.05) is 25.4 Å². The minimum absolute atomic E-state index is 0.00213. The lowest BCUT2D eigenvalue weighted by atomic mass is 9.95. The number of rotatable bonds is 3. The number of hydrogen-bond acceptors (Lipinski definition) is 1. The van der Waals surface area contributed by atoms with Crippen LogP contribution in [0.2, 0.25) is 0 Å². The molecule has 0 N–H and O–H groups in total. The number of likely N-dealkylation sites (N-methyl/N-ethyl adjacent to an activating group) is 1. The topological polar surface area (TPSA) is 34.4 Å². The van der Waals surface area contributed by atoms with Crippen LogP contribution in [-0.4, -0.2) is 30.6 Å². The molecule has 1 aliphatic rings. The van der Waals surface area contributed by atoms with E-state index in [1.165, 1.54) is 5.56 Å². The van der Waals surface area contributed by atoms with Crippen molar-refractivity contribution in [1.29, 1.82) is 0 Å². The summed E-state index contributed by atoms with van der Waals surface area (Å²) in [6, 6.07) is 10.4. The fourth-order valence-corrected chi connectivity index (χ4v) is 2.59. The Hall–Kier alpha value is -1.35. The molecule has 0 aliphatic carbocycles. The Morgan fingerprint density at radius 2 is 2.00 bits per heavy atom. The minimum Gasteiger partial charge on any atom is -0.328 e. The lowest BCUT2D eigenvalue weighted by molar-refractivity contribution is -0.135. The van der Waals surface area contributed by atoms with Gasteiger partial charge in [-0.1, -0.05) is 44.2 Å². The van der Waals surface area contributed by atoms with Crippen molar-refractivity contribution in [2.75, 3.05) is 13.6 Å². The van der Waals surface area contributed by atoms with Crippen molar-refractivity contribution in [3.05, 3.63) is 35.9 Å². The van der Waals surface area contributed by atoms with Crippen LogP contribution in [-0.2, 0) is 4.79 Å². The Kier molecular flexibility index (Phi) is 4.02. The summed E-state index contributed by atoms with van der Waals surface area (Å²) in [7, 11) is 1.87. The molecule has 2 atom stereocenters. The highest BCUT2D eigenvalue weighted by atomic mass is 16.2. The Morgan fingerprint density at radius 1 is 1.33 bits per heavy atom. The van der Waals surface area contributed by atoms with E-state index in [9.17, 15) is 4.79 Å². The summed E-state index contributed by atoms with van der Waals surface area (Å²) in [6.07, 6.45) is 1.03. The highest BCUT2D eigenvalue weighted by molar-refractivity contribution is 5.78. The van der Waals surface area contributed by atoms with Crippen LogP contribution < -0.4 is 5.32 Å². The van der Waals surface area contributed by atoms with E-state index in [1.54, 1.807) is 0 Å². The van der Waals surface area contributed by atoms with Gasteiger partial charge in [-0.25, -0.2) is 5.32 Å². The standard InChI is InChI=1S/C15H21N2O/c1-11(2)15(18)17(3)14-13(9-10-16-14)12-7-5-4-6-8-12/h4-8,11,13-14H,9-10H2,1-3H3/t13-,14?/m1/s1. The van der Waals surface area contributed by atoms with Crippen LogP contribution in [0.5, 0.6) is 0 Å². The maximum absolute atomic E-state index is 12.1. The fourth-order valence-electron chi connectivity index (χ4n) is 2.59. The monoisotopic (exact) mass is 245 g/mol. The first-order valence-electron chi connectivity index (χ1n) is 6.59. The van der Waals surface area contributed by atoms with Gasteiger partial charge in [0.05, 0.1) is 0 Å². The van der Waals surface area contributed by atoms with E-state index in [-0.39, 0.29) is 18.0 Å². The van der Waals surface area contributed by atoms with Crippen LogP contribution in [0.15, 0.2) is 30.3 Å². The van der Waals surface area contributed by atoms with Gasteiger partial charge >= 0.3 is 0 Å². The van der Waals surface area contributed by atoms with Gasteiger partial charge in [0.1, 0.15) is 6.17 Å². The molecular weight excluding hydrogens is 224 g/mol. The number of hydrogen-bond donors (Lipinski definition) is 0. The van der Waals surface area contributed by atoms with Crippen LogP contribution in [0.1, 0.15) is 31.7 Å². The molecule has 1 aromatic rings. The zero-order valence-electron chi connectivity index (χ0n) is 11.3. The number of carbonyl (C=O) groups excluding carboxylic acids is 1. The lowest BCUT2D eigenvalue weighted by Crippen LogP contribution is -2.44. The molecule has 1 fully saturated rings. The predicted octanol–water partition coefficient (Wildman–Crippen LogP) is 2.22. The van der Waals surface area contributed by atoms with Crippen molar-refractivity contribution >= 4 is 5.91 Å². The number of carbonyl (C=O) groups is 1. The molecule has 97 valence electrons. The molecule has 0 saturated carbocycles. The van der Waals surface area contributed by atoms with E-state index in [0.717, 1.165) is 13.0 Å². The van der Waals surface area contributed by atoms with E-state index in [0.29, 0.717) is 5.92 Å². The van der Waals surface area contributed by atoms with Gasteiger partial charge in [0.15, 0.2) is 0 Å². The summed E-state index contributed by atoms with van der Waals surface area (Å²) in [5, 5.41) is 4.60. The van der Waals surface area contributed by atoms with E-state index in [4.69, 9.17) is 0 Å². The molecule has 0 spiro atoms. The molecule has 1 heterocycles. The third kappa shape index (κ3) is 2.56. The average molecular weight is 245 g/mol. The van der Waals surface area contributed by atoms with Crippen LogP contribution >= 0.6 is 0 Å².